The molecule has 4 atom stereocenters. The summed E-state index contributed by atoms with van der Waals surface area (Å²) in [6.45, 7) is 0.0379. The second-order valence-corrected chi connectivity index (χ2v) is 8.46. The Bertz CT molecular complexity index is 1170. The number of esters is 1. The Labute approximate surface area is 196 Å². The normalized spacial score (nSPS) is 25.6. The van der Waals surface area contributed by atoms with Crippen molar-refractivity contribution in [3.05, 3.63) is 71.3 Å². The number of methoxy groups -OCH3 is 1. The van der Waals surface area contributed by atoms with Crippen LogP contribution in [0, 0.1) is 24.2 Å². The van der Waals surface area contributed by atoms with Crippen LogP contribution >= 0.6 is 0 Å². The van der Waals surface area contributed by atoms with Crippen molar-refractivity contribution in [3.8, 4) is 12.3 Å². The predicted molar refractivity (Wildman–Crippen MR) is 121 cm³/mol. The van der Waals surface area contributed by atoms with Gasteiger partial charge in [-0.2, -0.15) is 0 Å². The van der Waals surface area contributed by atoms with E-state index < -0.39 is 47.2 Å². The van der Waals surface area contributed by atoms with Gasteiger partial charge in [0.05, 0.1) is 24.5 Å². The second-order valence-electron chi connectivity index (χ2n) is 8.46. The Kier molecular flexibility index (Phi) is 6.22. The summed E-state index contributed by atoms with van der Waals surface area (Å²) in [6.07, 6.45) is 5.54. The van der Waals surface area contributed by atoms with Crippen LogP contribution in [0.15, 0.2) is 54.6 Å². The van der Waals surface area contributed by atoms with Crippen molar-refractivity contribution in [2.75, 3.05) is 13.7 Å². The van der Waals surface area contributed by atoms with Gasteiger partial charge < -0.3 is 9.84 Å². The van der Waals surface area contributed by atoms with Gasteiger partial charge in [-0.3, -0.25) is 24.6 Å². The zero-order valence-electron chi connectivity index (χ0n) is 18.6. The molecule has 0 bridgehead atoms. The fourth-order valence-electron chi connectivity index (χ4n) is 5.04. The average Bonchev–Trinajstić information content (AvgIpc) is 3.32. The highest BCUT2D eigenvalue weighted by Gasteiger charge is 2.68. The molecule has 0 aliphatic carbocycles. The molecule has 0 radical (unpaired) electrons. The van der Waals surface area contributed by atoms with Gasteiger partial charge in [-0.1, -0.05) is 42.5 Å². The molecule has 4 unspecified atom stereocenters. The standard InChI is InChI=1S/C26H24N2O6/c1-3-4-14-28-22(29)19-20(23(28)30)26(25(32)33,15-16-8-6-5-7-9-16)27-21(19)17-10-12-18(13-11-17)24(31)34-2/h1,5-13,19-21,27H,4,14-15H2,2H3,(H,32,33). The molecule has 174 valence electrons. The molecule has 0 saturated carbocycles. The summed E-state index contributed by atoms with van der Waals surface area (Å²) in [5.41, 5.74) is -0.0620. The first-order chi connectivity index (χ1) is 16.3. The van der Waals surface area contributed by atoms with Gasteiger partial charge in [0.2, 0.25) is 11.8 Å². The van der Waals surface area contributed by atoms with Crippen molar-refractivity contribution in [2.45, 2.75) is 24.4 Å². The Morgan fingerprint density at radius 3 is 2.38 bits per heavy atom. The number of terminal acetylenes is 1. The van der Waals surface area contributed by atoms with Crippen LogP contribution < -0.4 is 5.32 Å². The van der Waals surface area contributed by atoms with Crippen LogP contribution in [0.2, 0.25) is 0 Å². The number of imide groups is 1. The van der Waals surface area contributed by atoms with E-state index in [4.69, 9.17) is 11.2 Å². The first-order valence-corrected chi connectivity index (χ1v) is 10.9. The topological polar surface area (TPSA) is 113 Å². The van der Waals surface area contributed by atoms with Crippen LogP contribution in [-0.4, -0.2) is 53.0 Å². The molecule has 34 heavy (non-hydrogen) atoms. The molecule has 2 fully saturated rings. The molecule has 8 nitrogen and oxygen atoms in total. The van der Waals surface area contributed by atoms with E-state index in [1.165, 1.54) is 7.11 Å². The number of hydrogen-bond acceptors (Lipinski definition) is 6. The van der Waals surface area contributed by atoms with Gasteiger partial charge in [-0.15, -0.1) is 12.3 Å². The zero-order chi connectivity index (χ0) is 24.5. The van der Waals surface area contributed by atoms with Crippen molar-refractivity contribution in [2.24, 2.45) is 11.8 Å². The number of aliphatic carboxylic acids is 1. The number of rotatable bonds is 7. The minimum absolute atomic E-state index is 0.0169. The van der Waals surface area contributed by atoms with Crippen LogP contribution in [-0.2, 0) is 25.5 Å². The number of ether oxygens (including phenoxy) is 1. The van der Waals surface area contributed by atoms with E-state index in [-0.39, 0.29) is 19.4 Å². The smallest absolute Gasteiger partial charge is 0.337 e. The molecule has 8 heteroatoms. The summed E-state index contributed by atoms with van der Waals surface area (Å²) in [5, 5.41) is 13.6. The summed E-state index contributed by atoms with van der Waals surface area (Å²) in [7, 11) is 1.28. The Hall–Kier alpha value is -3.96. The molecule has 2 N–H and O–H groups in total. The molecule has 2 aliphatic rings. The van der Waals surface area contributed by atoms with Crippen LogP contribution in [0.1, 0.15) is 33.9 Å². The number of carbonyl (C=O) groups is 4. The maximum absolute atomic E-state index is 13.4. The molecule has 4 rings (SSSR count). The second kappa shape index (κ2) is 9.12. The molecule has 2 saturated heterocycles. The summed E-state index contributed by atoms with van der Waals surface area (Å²) in [4.78, 5) is 52.5. The number of likely N-dealkylation sites (tertiary alicyclic amines) is 1. The molecule has 2 aliphatic heterocycles. The molecule has 2 aromatic rings. The Balaban J connectivity index is 1.80. The van der Waals surface area contributed by atoms with Crippen molar-refractivity contribution in [1.82, 2.24) is 10.2 Å². The predicted octanol–water partition coefficient (Wildman–Crippen LogP) is 1.81. The highest BCUT2D eigenvalue weighted by molar-refractivity contribution is 6.09. The highest BCUT2D eigenvalue weighted by atomic mass is 16.5. The fourth-order valence-corrected chi connectivity index (χ4v) is 5.04. The maximum Gasteiger partial charge on any atom is 0.337 e. The first kappa shape index (κ1) is 23.2. The summed E-state index contributed by atoms with van der Waals surface area (Å²) in [6, 6.07) is 14.6. The lowest BCUT2D eigenvalue weighted by Gasteiger charge is -2.31. The SMILES string of the molecule is C#CCCN1C(=O)C2C(c3ccc(C(=O)OC)cc3)NC(Cc3ccccc3)(C(=O)O)C2C1=O. The van der Waals surface area contributed by atoms with E-state index in [0.717, 1.165) is 10.5 Å². The minimum Gasteiger partial charge on any atom is -0.480 e. The number of nitrogens with zero attached hydrogens (tertiary/aromatic N) is 1. The van der Waals surface area contributed by atoms with Crippen LogP contribution in [0.4, 0.5) is 0 Å². The number of benzene rings is 2. The van der Waals surface area contributed by atoms with Gasteiger partial charge in [0.25, 0.3) is 0 Å². The van der Waals surface area contributed by atoms with E-state index in [9.17, 15) is 24.3 Å². The fraction of sp³-hybridized carbons (Fsp3) is 0.308. The van der Waals surface area contributed by atoms with Crippen LogP contribution in [0.3, 0.4) is 0 Å². The number of carbonyl (C=O) groups excluding carboxylic acids is 3. The van der Waals surface area contributed by atoms with Crippen molar-refractivity contribution in [3.63, 3.8) is 0 Å². The number of carboxylic acids is 1. The van der Waals surface area contributed by atoms with Crippen molar-refractivity contribution >= 4 is 23.8 Å². The molecule has 2 heterocycles. The van der Waals surface area contributed by atoms with E-state index in [1.807, 2.05) is 6.07 Å². The number of amides is 2. The van der Waals surface area contributed by atoms with Crippen LogP contribution in [0.5, 0.6) is 0 Å². The van der Waals surface area contributed by atoms with Gasteiger partial charge in [0, 0.05) is 25.4 Å². The minimum atomic E-state index is -1.70. The summed E-state index contributed by atoms with van der Waals surface area (Å²) < 4.78 is 4.73. The summed E-state index contributed by atoms with van der Waals surface area (Å²) in [5.74, 6) is -2.31. The highest BCUT2D eigenvalue weighted by Crippen LogP contribution is 2.50. The Morgan fingerprint density at radius 2 is 1.79 bits per heavy atom. The number of hydrogen-bond donors (Lipinski definition) is 2. The summed E-state index contributed by atoms with van der Waals surface area (Å²) >= 11 is 0. The molecular formula is C26H24N2O6. The van der Waals surface area contributed by atoms with Crippen molar-refractivity contribution in [1.29, 1.82) is 0 Å². The van der Waals surface area contributed by atoms with E-state index in [2.05, 4.69) is 11.2 Å². The molecule has 2 amide bonds. The maximum atomic E-state index is 13.4. The molecular weight excluding hydrogens is 436 g/mol. The largest absolute Gasteiger partial charge is 0.480 e. The quantitative estimate of drug-likeness (QED) is 0.368. The van der Waals surface area contributed by atoms with Crippen molar-refractivity contribution < 1.29 is 29.0 Å². The van der Waals surface area contributed by atoms with E-state index >= 15 is 0 Å². The van der Waals surface area contributed by atoms with E-state index in [1.54, 1.807) is 48.5 Å². The molecule has 0 spiro atoms. The van der Waals surface area contributed by atoms with Gasteiger partial charge >= 0.3 is 11.9 Å². The third kappa shape index (κ3) is 3.74. The Morgan fingerprint density at radius 1 is 1.12 bits per heavy atom. The van der Waals surface area contributed by atoms with E-state index in [0.29, 0.717) is 11.1 Å². The monoisotopic (exact) mass is 460 g/mol. The molecule has 0 aromatic heterocycles. The van der Waals surface area contributed by atoms with Gasteiger partial charge in [-0.25, -0.2) is 4.79 Å². The number of carboxylic acid groups (broad SMARTS) is 1. The first-order valence-electron chi connectivity index (χ1n) is 10.9. The third-order valence-electron chi connectivity index (χ3n) is 6.62. The van der Waals surface area contributed by atoms with Gasteiger partial charge in [0.15, 0.2) is 0 Å². The molecule has 2 aromatic carbocycles. The lowest BCUT2D eigenvalue weighted by molar-refractivity contribution is -0.151. The van der Waals surface area contributed by atoms with Gasteiger partial charge in [0.1, 0.15) is 5.54 Å². The number of nitrogens with one attached hydrogen (secondary N) is 1. The number of fused-ring (bicyclic) bond motifs is 1. The average molecular weight is 460 g/mol. The lowest BCUT2D eigenvalue weighted by Crippen LogP contribution is -2.57. The van der Waals surface area contributed by atoms with Gasteiger partial charge in [-0.05, 0) is 23.3 Å². The van der Waals surface area contributed by atoms with Crippen LogP contribution in [0.25, 0.3) is 0 Å². The third-order valence-corrected chi connectivity index (χ3v) is 6.62. The lowest BCUT2D eigenvalue weighted by atomic mass is 9.76. The zero-order valence-corrected chi connectivity index (χ0v) is 18.6.